The van der Waals surface area contributed by atoms with E-state index in [0.29, 0.717) is 23.7 Å². The molecule has 1 aromatic carbocycles. The Labute approximate surface area is 141 Å². The number of carbonyl (C=O) groups excluding carboxylic acids is 1. The van der Waals surface area contributed by atoms with E-state index in [1.54, 1.807) is 19.2 Å². The second kappa shape index (κ2) is 7.51. The zero-order chi connectivity index (χ0) is 17.0. The minimum Gasteiger partial charge on any atom is -0.496 e. The minimum absolute atomic E-state index is 0.00185. The molecule has 1 unspecified atom stereocenters. The summed E-state index contributed by atoms with van der Waals surface area (Å²) in [4.78, 5) is 12.3. The Bertz CT molecular complexity index is 678. The SMILES string of the molecule is COc1cc(Cl)ccc1CNC(=O)C(C)Cc1c(C)n[nH]c1C. The van der Waals surface area contributed by atoms with E-state index >= 15 is 0 Å². The van der Waals surface area contributed by atoms with Gasteiger partial charge < -0.3 is 10.1 Å². The van der Waals surface area contributed by atoms with E-state index < -0.39 is 0 Å². The van der Waals surface area contributed by atoms with Crippen molar-refractivity contribution in [2.24, 2.45) is 5.92 Å². The number of methoxy groups -OCH3 is 1. The Morgan fingerprint density at radius 1 is 1.43 bits per heavy atom. The number of H-pyrrole nitrogens is 1. The molecule has 2 N–H and O–H groups in total. The first-order valence-corrected chi connectivity index (χ1v) is 7.90. The number of benzene rings is 1. The van der Waals surface area contributed by atoms with Gasteiger partial charge in [-0.1, -0.05) is 24.6 Å². The maximum Gasteiger partial charge on any atom is 0.223 e. The van der Waals surface area contributed by atoms with E-state index in [0.717, 1.165) is 22.5 Å². The van der Waals surface area contributed by atoms with Crippen LogP contribution in [0.3, 0.4) is 0 Å². The average Bonchev–Trinajstić information content (AvgIpc) is 2.85. The van der Waals surface area contributed by atoms with Gasteiger partial charge in [0.25, 0.3) is 0 Å². The van der Waals surface area contributed by atoms with Crippen LogP contribution in [0.1, 0.15) is 29.4 Å². The van der Waals surface area contributed by atoms with Crippen LogP contribution in [-0.2, 0) is 17.8 Å². The first-order valence-electron chi connectivity index (χ1n) is 7.53. The second-order valence-corrected chi connectivity index (χ2v) is 6.13. The van der Waals surface area contributed by atoms with E-state index in [-0.39, 0.29) is 11.8 Å². The highest BCUT2D eigenvalue weighted by atomic mass is 35.5. The lowest BCUT2D eigenvalue weighted by Gasteiger charge is -2.14. The van der Waals surface area contributed by atoms with E-state index in [9.17, 15) is 4.79 Å². The van der Waals surface area contributed by atoms with Gasteiger partial charge in [-0.3, -0.25) is 9.89 Å². The maximum absolute atomic E-state index is 12.3. The third-order valence-corrected chi connectivity index (χ3v) is 4.18. The van der Waals surface area contributed by atoms with Crippen LogP contribution in [0.15, 0.2) is 18.2 Å². The van der Waals surface area contributed by atoms with Crippen molar-refractivity contribution < 1.29 is 9.53 Å². The highest BCUT2D eigenvalue weighted by Gasteiger charge is 2.17. The maximum atomic E-state index is 12.3. The van der Waals surface area contributed by atoms with Gasteiger partial charge in [0.2, 0.25) is 5.91 Å². The van der Waals surface area contributed by atoms with Crippen molar-refractivity contribution in [3.05, 3.63) is 45.7 Å². The third-order valence-electron chi connectivity index (χ3n) is 3.94. The smallest absolute Gasteiger partial charge is 0.223 e. The fourth-order valence-electron chi connectivity index (χ4n) is 2.49. The van der Waals surface area contributed by atoms with Crippen molar-refractivity contribution in [3.63, 3.8) is 0 Å². The predicted octanol–water partition coefficient (Wildman–Crippen LogP) is 3.18. The number of nitrogens with one attached hydrogen (secondary N) is 2. The van der Waals surface area contributed by atoms with Crippen LogP contribution in [-0.4, -0.2) is 23.2 Å². The fraction of sp³-hybridized carbons (Fsp3) is 0.412. The molecule has 124 valence electrons. The van der Waals surface area contributed by atoms with Crippen LogP contribution in [0.4, 0.5) is 0 Å². The number of halogens is 1. The summed E-state index contributed by atoms with van der Waals surface area (Å²) >= 11 is 5.94. The molecule has 0 bridgehead atoms. The van der Waals surface area contributed by atoms with Gasteiger partial charge in [-0.25, -0.2) is 0 Å². The summed E-state index contributed by atoms with van der Waals surface area (Å²) in [6.07, 6.45) is 0.664. The van der Waals surface area contributed by atoms with Gasteiger partial charge in [0.15, 0.2) is 0 Å². The van der Waals surface area contributed by atoms with Crippen molar-refractivity contribution in [2.75, 3.05) is 7.11 Å². The molecule has 0 saturated heterocycles. The molecule has 0 aliphatic heterocycles. The first kappa shape index (κ1) is 17.3. The van der Waals surface area contributed by atoms with Gasteiger partial charge >= 0.3 is 0 Å². The number of rotatable bonds is 6. The molecule has 6 heteroatoms. The van der Waals surface area contributed by atoms with E-state index in [4.69, 9.17) is 16.3 Å². The van der Waals surface area contributed by atoms with Crippen molar-refractivity contribution in [1.29, 1.82) is 0 Å². The van der Waals surface area contributed by atoms with Crippen LogP contribution < -0.4 is 10.1 Å². The number of aryl methyl sites for hydroxylation is 2. The summed E-state index contributed by atoms with van der Waals surface area (Å²) in [7, 11) is 1.59. The number of aromatic amines is 1. The normalized spacial score (nSPS) is 12.0. The fourth-order valence-corrected chi connectivity index (χ4v) is 2.66. The molecule has 0 fully saturated rings. The van der Waals surface area contributed by atoms with Crippen LogP contribution in [0, 0.1) is 19.8 Å². The molecule has 2 rings (SSSR count). The molecule has 2 aromatic rings. The average molecular weight is 336 g/mol. The standard InChI is InChI=1S/C17H22ClN3O2/c1-10(7-15-11(2)20-21-12(15)3)17(22)19-9-13-5-6-14(18)8-16(13)23-4/h5-6,8,10H,7,9H2,1-4H3,(H,19,22)(H,20,21). The Hall–Kier alpha value is -2.01. The van der Waals surface area contributed by atoms with Crippen LogP contribution in [0.5, 0.6) is 5.75 Å². The topological polar surface area (TPSA) is 67.0 Å². The summed E-state index contributed by atoms with van der Waals surface area (Å²) < 4.78 is 5.29. The van der Waals surface area contributed by atoms with Crippen molar-refractivity contribution in [2.45, 2.75) is 33.7 Å². The molecule has 1 aromatic heterocycles. The highest BCUT2D eigenvalue weighted by molar-refractivity contribution is 6.30. The highest BCUT2D eigenvalue weighted by Crippen LogP contribution is 2.23. The number of carbonyl (C=O) groups is 1. The molecule has 1 heterocycles. The first-order chi connectivity index (χ1) is 10.9. The molecular formula is C17H22ClN3O2. The summed E-state index contributed by atoms with van der Waals surface area (Å²) in [6.45, 7) is 6.24. The Kier molecular flexibility index (Phi) is 5.66. The number of amides is 1. The lowest BCUT2D eigenvalue weighted by molar-refractivity contribution is -0.124. The number of hydrogen-bond donors (Lipinski definition) is 2. The molecule has 0 aliphatic rings. The van der Waals surface area contributed by atoms with Crippen LogP contribution in [0.2, 0.25) is 5.02 Å². The molecule has 23 heavy (non-hydrogen) atoms. The predicted molar refractivity (Wildman–Crippen MR) is 90.8 cm³/mol. The van der Waals surface area contributed by atoms with Gasteiger partial charge in [0.1, 0.15) is 5.75 Å². The molecule has 1 atom stereocenters. The van der Waals surface area contributed by atoms with Gasteiger partial charge in [-0.05, 0) is 38.0 Å². The van der Waals surface area contributed by atoms with E-state index in [1.807, 2.05) is 26.8 Å². The minimum atomic E-state index is -0.136. The monoisotopic (exact) mass is 335 g/mol. The summed E-state index contributed by atoms with van der Waals surface area (Å²) in [5.74, 6) is 0.539. The largest absolute Gasteiger partial charge is 0.496 e. The van der Waals surface area contributed by atoms with E-state index in [2.05, 4.69) is 15.5 Å². The van der Waals surface area contributed by atoms with Crippen molar-refractivity contribution in [3.8, 4) is 5.75 Å². The zero-order valence-corrected chi connectivity index (χ0v) is 14.6. The van der Waals surface area contributed by atoms with Crippen LogP contribution in [0.25, 0.3) is 0 Å². The summed E-state index contributed by atoms with van der Waals surface area (Å²) in [5, 5.41) is 10.7. The molecule has 0 radical (unpaired) electrons. The van der Waals surface area contributed by atoms with Crippen molar-refractivity contribution >= 4 is 17.5 Å². The molecule has 0 saturated carbocycles. The Morgan fingerprint density at radius 2 is 2.17 bits per heavy atom. The number of hydrogen-bond acceptors (Lipinski definition) is 3. The molecule has 0 aliphatic carbocycles. The lowest BCUT2D eigenvalue weighted by atomic mass is 9.99. The quantitative estimate of drug-likeness (QED) is 0.852. The Balaban J connectivity index is 1.97. The van der Waals surface area contributed by atoms with E-state index in [1.165, 1.54) is 0 Å². The Morgan fingerprint density at radius 3 is 2.78 bits per heavy atom. The second-order valence-electron chi connectivity index (χ2n) is 5.69. The van der Waals surface area contributed by atoms with Gasteiger partial charge in [-0.2, -0.15) is 5.10 Å². The van der Waals surface area contributed by atoms with Crippen molar-refractivity contribution in [1.82, 2.24) is 15.5 Å². The summed E-state index contributed by atoms with van der Waals surface area (Å²) in [5.41, 5.74) is 3.97. The number of ether oxygens (including phenoxy) is 1. The summed E-state index contributed by atoms with van der Waals surface area (Å²) in [6, 6.07) is 5.38. The van der Waals surface area contributed by atoms with Gasteiger partial charge in [0.05, 0.1) is 12.8 Å². The molecular weight excluding hydrogens is 314 g/mol. The molecule has 0 spiro atoms. The molecule has 1 amide bonds. The van der Waals surface area contributed by atoms with Gasteiger partial charge in [0, 0.05) is 28.7 Å². The lowest BCUT2D eigenvalue weighted by Crippen LogP contribution is -2.30. The zero-order valence-electron chi connectivity index (χ0n) is 13.9. The molecule has 5 nitrogen and oxygen atoms in total. The van der Waals surface area contributed by atoms with Gasteiger partial charge in [-0.15, -0.1) is 0 Å². The third kappa shape index (κ3) is 4.26. The van der Waals surface area contributed by atoms with Crippen LogP contribution >= 0.6 is 11.6 Å². The number of nitrogens with zero attached hydrogens (tertiary/aromatic N) is 1. The number of aromatic nitrogens is 2.